The first-order valence-corrected chi connectivity index (χ1v) is 11.3. The highest BCUT2D eigenvalue weighted by atomic mass is 16.5. The predicted octanol–water partition coefficient (Wildman–Crippen LogP) is 3.01. The molecule has 0 saturated carbocycles. The fraction of sp³-hybridized carbons (Fsp3) is 0.185. The normalized spacial score (nSPS) is 10.7. The van der Waals surface area contributed by atoms with E-state index >= 15 is 0 Å². The lowest BCUT2D eigenvalue weighted by atomic mass is 10.2. The molecule has 0 saturated heterocycles. The second-order valence-electron chi connectivity index (χ2n) is 7.53. The first kappa shape index (κ1) is 27.5. The van der Waals surface area contributed by atoms with E-state index < -0.39 is 11.8 Å². The number of benzene rings is 3. The summed E-state index contributed by atoms with van der Waals surface area (Å²) in [6.07, 6.45) is 2.96. The first-order chi connectivity index (χ1) is 18.5. The van der Waals surface area contributed by atoms with E-state index in [1.165, 1.54) is 26.6 Å². The Morgan fingerprint density at radius 1 is 0.684 bits per heavy atom. The van der Waals surface area contributed by atoms with Crippen molar-refractivity contribution in [1.82, 2.24) is 10.9 Å². The zero-order valence-corrected chi connectivity index (χ0v) is 21.4. The molecule has 0 aliphatic heterocycles. The first-order valence-electron chi connectivity index (χ1n) is 11.3. The van der Waals surface area contributed by atoms with Crippen molar-refractivity contribution in [3.8, 4) is 28.7 Å². The predicted molar refractivity (Wildman–Crippen MR) is 142 cm³/mol. The van der Waals surface area contributed by atoms with Gasteiger partial charge in [0, 0.05) is 5.56 Å². The number of methoxy groups -OCH3 is 4. The van der Waals surface area contributed by atoms with Crippen molar-refractivity contribution in [2.24, 2.45) is 10.2 Å². The Morgan fingerprint density at radius 2 is 1.18 bits per heavy atom. The summed E-state index contributed by atoms with van der Waals surface area (Å²) >= 11 is 0. The lowest BCUT2D eigenvalue weighted by Crippen LogP contribution is -2.24. The van der Waals surface area contributed by atoms with E-state index in [0.29, 0.717) is 39.9 Å². The molecule has 11 nitrogen and oxygen atoms in total. The quantitative estimate of drug-likeness (QED) is 0.277. The van der Waals surface area contributed by atoms with Gasteiger partial charge in [0.2, 0.25) is 0 Å². The van der Waals surface area contributed by atoms with Gasteiger partial charge in [0.05, 0.1) is 40.9 Å². The van der Waals surface area contributed by atoms with Gasteiger partial charge in [-0.05, 0) is 71.8 Å². The highest BCUT2D eigenvalue weighted by Gasteiger charge is 2.07. The Bertz CT molecular complexity index is 1310. The number of hydrazone groups is 2. The lowest BCUT2D eigenvalue weighted by molar-refractivity contribution is -0.123. The average molecular weight is 521 g/mol. The van der Waals surface area contributed by atoms with Crippen molar-refractivity contribution in [1.29, 1.82) is 0 Å². The second-order valence-corrected chi connectivity index (χ2v) is 7.53. The van der Waals surface area contributed by atoms with Crippen molar-refractivity contribution in [2.75, 3.05) is 35.0 Å². The number of hydrogen-bond acceptors (Lipinski definition) is 9. The van der Waals surface area contributed by atoms with Crippen LogP contribution in [-0.2, 0) is 4.79 Å². The fourth-order valence-corrected chi connectivity index (χ4v) is 3.16. The summed E-state index contributed by atoms with van der Waals surface area (Å²) in [4.78, 5) is 24.4. The van der Waals surface area contributed by atoms with Crippen molar-refractivity contribution in [2.45, 2.75) is 0 Å². The van der Waals surface area contributed by atoms with Crippen LogP contribution in [0.25, 0.3) is 0 Å². The summed E-state index contributed by atoms with van der Waals surface area (Å²) < 4.78 is 26.3. The molecule has 3 rings (SSSR count). The molecule has 198 valence electrons. The van der Waals surface area contributed by atoms with Gasteiger partial charge in [0.15, 0.2) is 29.6 Å². The van der Waals surface area contributed by atoms with Gasteiger partial charge in [-0.2, -0.15) is 10.2 Å². The average Bonchev–Trinajstić information content (AvgIpc) is 2.96. The van der Waals surface area contributed by atoms with E-state index in [1.54, 1.807) is 74.9 Å². The summed E-state index contributed by atoms with van der Waals surface area (Å²) in [5.41, 5.74) is 6.64. The Hall–Kier alpha value is -5.06. The van der Waals surface area contributed by atoms with E-state index in [2.05, 4.69) is 21.1 Å². The topological polar surface area (TPSA) is 129 Å². The highest BCUT2D eigenvalue weighted by molar-refractivity contribution is 5.95. The molecule has 0 atom stereocenters. The molecule has 0 spiro atoms. The molecule has 0 unspecified atom stereocenters. The maximum absolute atomic E-state index is 12.3. The molecule has 0 aliphatic carbocycles. The monoisotopic (exact) mass is 520 g/mol. The van der Waals surface area contributed by atoms with Crippen LogP contribution in [0.1, 0.15) is 21.5 Å². The van der Waals surface area contributed by atoms with Crippen molar-refractivity contribution >= 4 is 24.2 Å². The van der Waals surface area contributed by atoms with Gasteiger partial charge in [0.1, 0.15) is 5.75 Å². The lowest BCUT2D eigenvalue weighted by Gasteiger charge is -2.08. The van der Waals surface area contributed by atoms with Gasteiger partial charge in [-0.3, -0.25) is 9.59 Å². The number of rotatable bonds is 12. The molecule has 3 aromatic rings. The molecule has 0 heterocycles. The van der Waals surface area contributed by atoms with Gasteiger partial charge in [0.25, 0.3) is 11.8 Å². The van der Waals surface area contributed by atoms with Crippen LogP contribution in [0.5, 0.6) is 28.7 Å². The van der Waals surface area contributed by atoms with Crippen LogP contribution < -0.4 is 34.5 Å². The van der Waals surface area contributed by atoms with E-state index in [9.17, 15) is 9.59 Å². The smallest absolute Gasteiger partial charge is 0.277 e. The van der Waals surface area contributed by atoms with Crippen LogP contribution in [0.15, 0.2) is 70.9 Å². The molecular formula is C27H28N4O7. The minimum atomic E-state index is -0.451. The number of nitrogens with one attached hydrogen (secondary N) is 2. The summed E-state index contributed by atoms with van der Waals surface area (Å²) in [5, 5.41) is 7.88. The Balaban J connectivity index is 1.45. The third-order valence-corrected chi connectivity index (χ3v) is 5.08. The maximum atomic E-state index is 12.3. The molecule has 3 aromatic carbocycles. The minimum absolute atomic E-state index is 0.259. The maximum Gasteiger partial charge on any atom is 0.277 e. The second kappa shape index (κ2) is 13.9. The number of amides is 2. The summed E-state index contributed by atoms with van der Waals surface area (Å²) in [6.45, 7) is -0.259. The Morgan fingerprint density at radius 3 is 1.68 bits per heavy atom. The SMILES string of the molecule is COc1ccc(/C=N\NC(=O)COc2ccc(C(=O)N/N=C\c3ccc(OC)c(OC)c3)cc2)cc1OC. The van der Waals surface area contributed by atoms with E-state index in [4.69, 9.17) is 23.7 Å². The molecular weight excluding hydrogens is 492 g/mol. The van der Waals surface area contributed by atoms with Crippen molar-refractivity contribution in [3.05, 3.63) is 77.4 Å². The van der Waals surface area contributed by atoms with Crippen LogP contribution in [0, 0.1) is 0 Å². The standard InChI is InChI=1S/C27H28N4O7/c1-34-22-11-5-18(13-24(22)36-3)15-28-30-26(32)17-38-21-9-7-20(8-10-21)27(33)31-29-16-19-6-12-23(35-2)25(14-19)37-4/h5-16H,17H2,1-4H3,(H,30,32)(H,31,33)/b28-15-,29-16-. The number of carbonyl (C=O) groups excluding carboxylic acids is 2. The Kier molecular flexibility index (Phi) is 10.1. The van der Waals surface area contributed by atoms with Crippen molar-refractivity contribution < 1.29 is 33.3 Å². The fourth-order valence-electron chi connectivity index (χ4n) is 3.16. The Labute approximate surface area is 220 Å². The number of ether oxygens (including phenoxy) is 5. The summed E-state index contributed by atoms with van der Waals surface area (Å²) in [7, 11) is 6.17. The van der Waals surface area contributed by atoms with E-state index in [-0.39, 0.29) is 6.61 Å². The van der Waals surface area contributed by atoms with Crippen molar-refractivity contribution in [3.63, 3.8) is 0 Å². The number of hydrogen-bond donors (Lipinski definition) is 2. The van der Waals surface area contributed by atoms with Crippen LogP contribution in [-0.4, -0.2) is 59.3 Å². The van der Waals surface area contributed by atoms with Crippen LogP contribution in [0.3, 0.4) is 0 Å². The molecule has 0 aliphatic rings. The molecule has 0 bridgehead atoms. The van der Waals surface area contributed by atoms with E-state index in [0.717, 1.165) is 5.56 Å². The van der Waals surface area contributed by atoms with Gasteiger partial charge >= 0.3 is 0 Å². The third-order valence-electron chi connectivity index (χ3n) is 5.08. The molecule has 0 radical (unpaired) electrons. The van der Waals surface area contributed by atoms with Gasteiger partial charge in [-0.1, -0.05) is 0 Å². The number of carbonyl (C=O) groups is 2. The zero-order valence-electron chi connectivity index (χ0n) is 21.4. The summed E-state index contributed by atoms with van der Waals surface area (Å²) in [6, 6.07) is 16.8. The highest BCUT2D eigenvalue weighted by Crippen LogP contribution is 2.27. The summed E-state index contributed by atoms with van der Waals surface area (Å²) in [5.74, 6) is 1.84. The third kappa shape index (κ3) is 7.72. The molecule has 11 heteroatoms. The zero-order chi connectivity index (χ0) is 27.3. The van der Waals surface area contributed by atoms with E-state index in [1.807, 2.05) is 0 Å². The number of nitrogens with zero attached hydrogens (tertiary/aromatic N) is 2. The molecule has 2 amide bonds. The molecule has 2 N–H and O–H groups in total. The van der Waals surface area contributed by atoms with Crippen LogP contribution >= 0.6 is 0 Å². The van der Waals surface area contributed by atoms with Crippen LogP contribution in [0.2, 0.25) is 0 Å². The van der Waals surface area contributed by atoms with Gasteiger partial charge in [-0.25, -0.2) is 10.9 Å². The molecule has 0 aromatic heterocycles. The van der Waals surface area contributed by atoms with Crippen LogP contribution in [0.4, 0.5) is 0 Å². The van der Waals surface area contributed by atoms with Gasteiger partial charge in [-0.15, -0.1) is 0 Å². The largest absolute Gasteiger partial charge is 0.493 e. The minimum Gasteiger partial charge on any atom is -0.493 e. The molecule has 0 fully saturated rings. The molecule has 38 heavy (non-hydrogen) atoms. The van der Waals surface area contributed by atoms with Gasteiger partial charge < -0.3 is 23.7 Å².